The largest absolute Gasteiger partial charge is 0.378 e. The summed E-state index contributed by atoms with van der Waals surface area (Å²) >= 11 is 0. The van der Waals surface area contributed by atoms with Crippen LogP contribution in [0.5, 0.6) is 0 Å². The topological polar surface area (TPSA) is 87.8 Å². The van der Waals surface area contributed by atoms with E-state index in [1.54, 1.807) is 10.8 Å². The van der Waals surface area contributed by atoms with E-state index in [1.165, 1.54) is 0 Å². The summed E-state index contributed by atoms with van der Waals surface area (Å²) in [5, 5.41) is 13.2. The minimum absolute atomic E-state index is 0.641. The van der Waals surface area contributed by atoms with Gasteiger partial charge in [-0.25, -0.2) is 4.98 Å². The van der Waals surface area contributed by atoms with Gasteiger partial charge in [0.05, 0.1) is 13.2 Å². The smallest absolute Gasteiger partial charge is 0.254 e. The maximum absolute atomic E-state index is 5.40. The molecule has 0 spiro atoms. The summed E-state index contributed by atoms with van der Waals surface area (Å²) in [5.41, 5.74) is 0.947. The first-order valence-electron chi connectivity index (χ1n) is 9.62. The molecule has 2 saturated heterocycles. The number of piperazine rings is 1. The molecule has 0 bridgehead atoms. The fraction of sp³-hybridized carbons (Fsp3) is 0.500. The number of fused-ring (bicyclic) bond motifs is 1. The quantitative estimate of drug-likeness (QED) is 0.639. The Morgan fingerprint density at radius 2 is 1.50 bits per heavy atom. The molecule has 10 nitrogen and oxygen atoms in total. The zero-order valence-electron chi connectivity index (χ0n) is 15.9. The first-order chi connectivity index (χ1) is 13.8. The van der Waals surface area contributed by atoms with Crippen molar-refractivity contribution in [3.63, 3.8) is 0 Å². The first kappa shape index (κ1) is 17.1. The van der Waals surface area contributed by atoms with Crippen LogP contribution in [0.3, 0.4) is 0 Å². The lowest BCUT2D eigenvalue weighted by molar-refractivity contribution is 0.122. The van der Waals surface area contributed by atoms with Crippen LogP contribution in [0, 0.1) is 6.92 Å². The molecular formula is C18H23N9O. The summed E-state index contributed by atoms with van der Waals surface area (Å²) in [6, 6.07) is 6.19. The molecule has 3 aromatic rings. The average molecular weight is 381 g/mol. The molecule has 0 radical (unpaired) electrons. The van der Waals surface area contributed by atoms with Crippen LogP contribution in [-0.2, 0) is 4.74 Å². The Balaban J connectivity index is 1.27. The van der Waals surface area contributed by atoms with Gasteiger partial charge in [-0.2, -0.15) is 14.6 Å². The Hall–Kier alpha value is -3.01. The van der Waals surface area contributed by atoms with Gasteiger partial charge in [0.25, 0.3) is 5.78 Å². The van der Waals surface area contributed by atoms with E-state index in [4.69, 9.17) is 4.74 Å². The molecule has 2 fully saturated rings. The zero-order valence-corrected chi connectivity index (χ0v) is 15.9. The van der Waals surface area contributed by atoms with Crippen molar-refractivity contribution in [3.05, 3.63) is 30.2 Å². The second-order valence-corrected chi connectivity index (χ2v) is 7.05. The van der Waals surface area contributed by atoms with Crippen molar-refractivity contribution in [2.45, 2.75) is 6.92 Å². The van der Waals surface area contributed by atoms with Gasteiger partial charge >= 0.3 is 0 Å². The van der Waals surface area contributed by atoms with Crippen LogP contribution in [-0.4, -0.2) is 82.3 Å². The van der Waals surface area contributed by atoms with Crippen molar-refractivity contribution in [1.82, 2.24) is 29.8 Å². The third kappa shape index (κ3) is 3.19. The summed E-state index contributed by atoms with van der Waals surface area (Å²) in [4.78, 5) is 15.5. The number of aromatic nitrogens is 6. The second-order valence-electron chi connectivity index (χ2n) is 7.05. The van der Waals surface area contributed by atoms with Gasteiger partial charge in [-0.15, -0.1) is 10.2 Å². The standard InChI is InChI=1S/C18H23N9O/c1-14-12-17(27-18(21-14)19-13-20-27)26-6-4-24(5-7-26)15-2-3-16(23-22-15)25-8-10-28-11-9-25/h2-3,12-13H,4-11H2,1H3. The Morgan fingerprint density at radius 3 is 2.18 bits per heavy atom. The van der Waals surface area contributed by atoms with Gasteiger partial charge in [-0.1, -0.05) is 0 Å². The molecule has 0 unspecified atom stereocenters. The third-order valence-corrected chi connectivity index (χ3v) is 5.26. The second kappa shape index (κ2) is 7.19. The van der Waals surface area contributed by atoms with Crippen molar-refractivity contribution in [1.29, 1.82) is 0 Å². The van der Waals surface area contributed by atoms with E-state index < -0.39 is 0 Å². The van der Waals surface area contributed by atoms with Gasteiger partial charge in [0.15, 0.2) is 11.6 Å². The highest BCUT2D eigenvalue weighted by Crippen LogP contribution is 2.21. The highest BCUT2D eigenvalue weighted by Gasteiger charge is 2.22. The van der Waals surface area contributed by atoms with E-state index in [0.717, 1.165) is 75.6 Å². The number of anilines is 3. The number of rotatable bonds is 3. The molecule has 10 heteroatoms. The molecule has 0 atom stereocenters. The van der Waals surface area contributed by atoms with Gasteiger partial charge in [0.2, 0.25) is 0 Å². The van der Waals surface area contributed by atoms with Crippen molar-refractivity contribution < 1.29 is 4.74 Å². The molecular weight excluding hydrogens is 358 g/mol. The van der Waals surface area contributed by atoms with Gasteiger partial charge in [-0.3, -0.25) is 0 Å². The van der Waals surface area contributed by atoms with Crippen LogP contribution >= 0.6 is 0 Å². The molecule has 0 aliphatic carbocycles. The fourth-order valence-corrected chi connectivity index (χ4v) is 3.75. The Bertz CT molecular complexity index is 943. The minimum Gasteiger partial charge on any atom is -0.378 e. The summed E-state index contributed by atoms with van der Waals surface area (Å²) < 4.78 is 7.20. The third-order valence-electron chi connectivity index (χ3n) is 5.26. The Kier molecular flexibility index (Phi) is 4.40. The summed E-state index contributed by atoms with van der Waals surface area (Å²) in [7, 11) is 0. The molecule has 3 aromatic heterocycles. The van der Waals surface area contributed by atoms with Crippen LogP contribution in [0.2, 0.25) is 0 Å². The van der Waals surface area contributed by atoms with Crippen LogP contribution < -0.4 is 14.7 Å². The molecule has 2 aliphatic heterocycles. The minimum atomic E-state index is 0.641. The van der Waals surface area contributed by atoms with Crippen molar-refractivity contribution in [3.8, 4) is 0 Å². The van der Waals surface area contributed by atoms with Gasteiger partial charge in [0.1, 0.15) is 12.1 Å². The summed E-state index contributed by atoms with van der Waals surface area (Å²) in [6.07, 6.45) is 1.55. The van der Waals surface area contributed by atoms with E-state index in [-0.39, 0.29) is 0 Å². The summed E-state index contributed by atoms with van der Waals surface area (Å²) in [6.45, 7) is 8.74. The fourth-order valence-electron chi connectivity index (χ4n) is 3.75. The van der Waals surface area contributed by atoms with Crippen molar-refractivity contribution >= 4 is 23.2 Å². The van der Waals surface area contributed by atoms with Crippen LogP contribution in [0.15, 0.2) is 24.5 Å². The number of nitrogens with zero attached hydrogens (tertiary/aromatic N) is 9. The van der Waals surface area contributed by atoms with E-state index in [1.807, 2.05) is 6.92 Å². The summed E-state index contributed by atoms with van der Waals surface area (Å²) in [5.74, 6) is 3.52. The molecule has 0 amide bonds. The lowest BCUT2D eigenvalue weighted by atomic mass is 10.3. The SMILES string of the molecule is Cc1cc(N2CCN(c3ccc(N4CCOCC4)nn3)CC2)n2ncnc2n1. The average Bonchev–Trinajstić information content (AvgIpc) is 3.22. The molecule has 146 valence electrons. The van der Waals surface area contributed by atoms with Gasteiger partial charge in [-0.05, 0) is 19.1 Å². The maximum Gasteiger partial charge on any atom is 0.254 e. The monoisotopic (exact) mass is 381 g/mol. The first-order valence-corrected chi connectivity index (χ1v) is 9.62. The number of hydrogen-bond acceptors (Lipinski definition) is 9. The molecule has 0 saturated carbocycles. The molecule has 0 N–H and O–H groups in total. The normalized spacial score (nSPS) is 18.1. The van der Waals surface area contributed by atoms with Crippen molar-refractivity contribution in [2.24, 2.45) is 0 Å². The molecule has 5 heterocycles. The maximum atomic E-state index is 5.40. The predicted molar refractivity (Wildman–Crippen MR) is 105 cm³/mol. The number of morpholine rings is 1. The lowest BCUT2D eigenvalue weighted by Gasteiger charge is -2.36. The Morgan fingerprint density at radius 1 is 0.857 bits per heavy atom. The highest BCUT2D eigenvalue weighted by molar-refractivity contribution is 5.50. The number of aryl methyl sites for hydroxylation is 1. The van der Waals surface area contributed by atoms with E-state index in [0.29, 0.717) is 5.78 Å². The van der Waals surface area contributed by atoms with Crippen LogP contribution in [0.1, 0.15) is 5.69 Å². The van der Waals surface area contributed by atoms with Crippen LogP contribution in [0.4, 0.5) is 17.5 Å². The van der Waals surface area contributed by atoms with Crippen LogP contribution in [0.25, 0.3) is 5.78 Å². The van der Waals surface area contributed by atoms with Gasteiger partial charge < -0.3 is 19.4 Å². The Labute approximate surface area is 162 Å². The molecule has 0 aromatic carbocycles. The number of hydrogen-bond donors (Lipinski definition) is 0. The molecule has 2 aliphatic rings. The molecule has 28 heavy (non-hydrogen) atoms. The van der Waals surface area contributed by atoms with E-state index in [9.17, 15) is 0 Å². The molecule has 5 rings (SSSR count). The van der Waals surface area contributed by atoms with E-state index in [2.05, 4.69) is 58.2 Å². The van der Waals surface area contributed by atoms with E-state index >= 15 is 0 Å². The highest BCUT2D eigenvalue weighted by atomic mass is 16.5. The predicted octanol–water partition coefficient (Wildman–Crippen LogP) is 0.386. The van der Waals surface area contributed by atoms with Crippen molar-refractivity contribution in [2.75, 3.05) is 67.2 Å². The lowest BCUT2D eigenvalue weighted by Crippen LogP contribution is -2.47. The van der Waals surface area contributed by atoms with Gasteiger partial charge in [0, 0.05) is 51.0 Å². The zero-order chi connectivity index (χ0) is 18.9. The number of ether oxygens (including phenoxy) is 1.